The zero-order chi connectivity index (χ0) is 16.8. The number of likely N-dealkylation sites (tertiary alicyclic amines) is 1. The fourth-order valence-corrected chi connectivity index (χ4v) is 2.85. The fraction of sp³-hybridized carbons (Fsp3) is 0.368. The van der Waals surface area contributed by atoms with Crippen molar-refractivity contribution in [2.24, 2.45) is 0 Å². The highest BCUT2D eigenvalue weighted by Crippen LogP contribution is 2.21. The highest BCUT2D eigenvalue weighted by Gasteiger charge is 2.19. The number of benzene rings is 1. The van der Waals surface area contributed by atoms with Crippen molar-refractivity contribution in [3.8, 4) is 5.75 Å². The number of aromatic nitrogens is 1. The second-order valence-electron chi connectivity index (χ2n) is 5.87. The number of anilines is 2. The molecule has 0 spiro atoms. The number of hydrogen-bond acceptors (Lipinski definition) is 4. The van der Waals surface area contributed by atoms with Gasteiger partial charge in [0.25, 0.3) is 5.91 Å². The van der Waals surface area contributed by atoms with Crippen molar-refractivity contribution < 1.29 is 9.53 Å². The van der Waals surface area contributed by atoms with Crippen LogP contribution in [0.15, 0.2) is 42.6 Å². The number of pyridine rings is 1. The summed E-state index contributed by atoms with van der Waals surface area (Å²) in [6.07, 6.45) is 5.04. The van der Waals surface area contributed by atoms with Crippen molar-refractivity contribution >= 4 is 17.3 Å². The molecule has 1 N–H and O–H groups in total. The molecular formula is C19H23N3O2. The number of nitrogens with zero attached hydrogens (tertiary/aromatic N) is 2. The molecule has 0 saturated carbocycles. The largest absolute Gasteiger partial charge is 0.494 e. The Labute approximate surface area is 142 Å². The zero-order valence-corrected chi connectivity index (χ0v) is 14.0. The lowest BCUT2D eigenvalue weighted by Gasteiger charge is -2.26. The van der Waals surface area contributed by atoms with Crippen LogP contribution in [0, 0.1) is 0 Å². The summed E-state index contributed by atoms with van der Waals surface area (Å²) in [5, 5.41) is 3.31. The van der Waals surface area contributed by atoms with Crippen LogP contribution in [0.2, 0.25) is 0 Å². The molecule has 0 unspecified atom stereocenters. The third-order valence-corrected chi connectivity index (χ3v) is 4.08. The zero-order valence-electron chi connectivity index (χ0n) is 14.0. The summed E-state index contributed by atoms with van der Waals surface area (Å²) in [4.78, 5) is 18.7. The Morgan fingerprint density at radius 1 is 1.12 bits per heavy atom. The molecule has 2 heterocycles. The number of rotatable bonds is 5. The summed E-state index contributed by atoms with van der Waals surface area (Å²) in [7, 11) is 0. The lowest BCUT2D eigenvalue weighted by Crippen LogP contribution is -2.36. The van der Waals surface area contributed by atoms with Gasteiger partial charge in [0.2, 0.25) is 0 Å². The molecule has 24 heavy (non-hydrogen) atoms. The molecule has 1 aliphatic rings. The van der Waals surface area contributed by atoms with Crippen LogP contribution in [-0.4, -0.2) is 35.5 Å². The molecule has 0 aliphatic carbocycles. The van der Waals surface area contributed by atoms with E-state index in [4.69, 9.17) is 4.74 Å². The number of carbonyl (C=O) groups is 1. The van der Waals surface area contributed by atoms with Crippen molar-refractivity contribution in [2.75, 3.05) is 25.0 Å². The van der Waals surface area contributed by atoms with E-state index in [0.29, 0.717) is 12.3 Å². The van der Waals surface area contributed by atoms with E-state index in [1.54, 1.807) is 6.20 Å². The highest BCUT2D eigenvalue weighted by atomic mass is 16.5. The van der Waals surface area contributed by atoms with E-state index in [0.717, 1.165) is 43.1 Å². The van der Waals surface area contributed by atoms with Crippen LogP contribution in [0.5, 0.6) is 5.75 Å². The standard InChI is InChI=1S/C19H23N3O2/c1-2-24-17-8-6-15(7-9-17)21-16-10-11-20-18(14-16)19(23)22-12-4-3-5-13-22/h6-11,14H,2-5,12-13H2,1H3,(H,20,21). The van der Waals surface area contributed by atoms with E-state index < -0.39 is 0 Å². The fourth-order valence-electron chi connectivity index (χ4n) is 2.85. The maximum atomic E-state index is 12.5. The summed E-state index contributed by atoms with van der Waals surface area (Å²) in [5.74, 6) is 0.865. The van der Waals surface area contributed by atoms with Crippen molar-refractivity contribution in [1.29, 1.82) is 0 Å². The molecule has 0 bridgehead atoms. The van der Waals surface area contributed by atoms with Gasteiger partial charge in [0.15, 0.2) is 0 Å². The lowest BCUT2D eigenvalue weighted by atomic mass is 10.1. The molecule has 126 valence electrons. The molecule has 1 aliphatic heterocycles. The summed E-state index contributed by atoms with van der Waals surface area (Å²) in [5.41, 5.74) is 2.29. The maximum absolute atomic E-state index is 12.5. The minimum absolute atomic E-state index is 0.0186. The first-order valence-electron chi connectivity index (χ1n) is 8.51. The quantitative estimate of drug-likeness (QED) is 0.907. The second kappa shape index (κ2) is 7.81. The number of nitrogens with one attached hydrogen (secondary N) is 1. The van der Waals surface area contributed by atoms with E-state index in [-0.39, 0.29) is 5.91 Å². The molecule has 1 saturated heterocycles. The molecule has 1 fully saturated rings. The third-order valence-electron chi connectivity index (χ3n) is 4.08. The van der Waals surface area contributed by atoms with Crippen LogP contribution in [0.1, 0.15) is 36.7 Å². The Hall–Kier alpha value is -2.56. The van der Waals surface area contributed by atoms with Crippen molar-refractivity contribution in [3.05, 3.63) is 48.3 Å². The molecule has 3 rings (SSSR count). The van der Waals surface area contributed by atoms with Gasteiger partial charge in [-0.2, -0.15) is 0 Å². The average Bonchev–Trinajstić information content (AvgIpc) is 2.64. The average molecular weight is 325 g/mol. The van der Waals surface area contributed by atoms with Crippen molar-refractivity contribution in [2.45, 2.75) is 26.2 Å². The van der Waals surface area contributed by atoms with Crippen LogP contribution in [0.25, 0.3) is 0 Å². The highest BCUT2D eigenvalue weighted by molar-refractivity contribution is 5.93. The van der Waals surface area contributed by atoms with Gasteiger partial charge in [-0.05, 0) is 62.6 Å². The minimum Gasteiger partial charge on any atom is -0.494 e. The van der Waals surface area contributed by atoms with Gasteiger partial charge in [-0.3, -0.25) is 9.78 Å². The lowest BCUT2D eigenvalue weighted by molar-refractivity contribution is 0.0718. The van der Waals surface area contributed by atoms with Gasteiger partial charge in [-0.1, -0.05) is 0 Å². The van der Waals surface area contributed by atoms with Gasteiger partial charge in [-0.25, -0.2) is 0 Å². The Kier molecular flexibility index (Phi) is 5.31. The van der Waals surface area contributed by atoms with E-state index in [9.17, 15) is 4.79 Å². The van der Waals surface area contributed by atoms with Crippen LogP contribution >= 0.6 is 0 Å². The molecule has 1 aromatic carbocycles. The summed E-state index contributed by atoms with van der Waals surface area (Å²) < 4.78 is 5.44. The Balaban J connectivity index is 1.69. The normalized spacial score (nSPS) is 14.3. The Morgan fingerprint density at radius 2 is 1.88 bits per heavy atom. The molecule has 5 nitrogen and oxygen atoms in total. The van der Waals surface area contributed by atoms with Gasteiger partial charge in [0, 0.05) is 30.7 Å². The van der Waals surface area contributed by atoms with Gasteiger partial charge >= 0.3 is 0 Å². The molecule has 5 heteroatoms. The van der Waals surface area contributed by atoms with Gasteiger partial charge < -0.3 is 15.0 Å². The second-order valence-corrected chi connectivity index (χ2v) is 5.87. The third kappa shape index (κ3) is 4.04. The smallest absolute Gasteiger partial charge is 0.272 e. The SMILES string of the molecule is CCOc1ccc(Nc2ccnc(C(=O)N3CCCCC3)c2)cc1. The maximum Gasteiger partial charge on any atom is 0.272 e. The Bertz CT molecular complexity index is 679. The van der Waals surface area contributed by atoms with E-state index in [2.05, 4.69) is 10.3 Å². The molecule has 1 amide bonds. The molecule has 0 radical (unpaired) electrons. The predicted molar refractivity (Wildman–Crippen MR) is 94.9 cm³/mol. The number of ether oxygens (including phenoxy) is 1. The first kappa shape index (κ1) is 16.3. The van der Waals surface area contributed by atoms with Gasteiger partial charge in [-0.15, -0.1) is 0 Å². The number of hydrogen-bond donors (Lipinski definition) is 1. The number of piperidine rings is 1. The van der Waals surface area contributed by atoms with Crippen LogP contribution < -0.4 is 10.1 Å². The Morgan fingerprint density at radius 3 is 2.58 bits per heavy atom. The molecular weight excluding hydrogens is 302 g/mol. The molecule has 0 atom stereocenters. The van der Waals surface area contributed by atoms with Crippen LogP contribution in [0.4, 0.5) is 11.4 Å². The molecule has 1 aromatic heterocycles. The van der Waals surface area contributed by atoms with Gasteiger partial charge in [0.1, 0.15) is 11.4 Å². The van der Waals surface area contributed by atoms with E-state index >= 15 is 0 Å². The van der Waals surface area contributed by atoms with Gasteiger partial charge in [0.05, 0.1) is 6.61 Å². The predicted octanol–water partition coefficient (Wildman–Crippen LogP) is 3.85. The monoisotopic (exact) mass is 325 g/mol. The summed E-state index contributed by atoms with van der Waals surface area (Å²) in [6.45, 7) is 4.28. The van der Waals surface area contributed by atoms with Crippen molar-refractivity contribution in [3.63, 3.8) is 0 Å². The summed E-state index contributed by atoms with van der Waals surface area (Å²) in [6, 6.07) is 11.4. The van der Waals surface area contributed by atoms with E-state index in [1.165, 1.54) is 6.42 Å². The first-order chi connectivity index (χ1) is 11.8. The number of carbonyl (C=O) groups excluding carboxylic acids is 1. The van der Waals surface area contributed by atoms with Crippen molar-refractivity contribution in [1.82, 2.24) is 9.88 Å². The topological polar surface area (TPSA) is 54.5 Å². The molecule has 2 aromatic rings. The van der Waals surface area contributed by atoms with E-state index in [1.807, 2.05) is 48.2 Å². The first-order valence-corrected chi connectivity index (χ1v) is 8.51. The van der Waals surface area contributed by atoms with Crippen LogP contribution in [-0.2, 0) is 0 Å². The van der Waals surface area contributed by atoms with Crippen LogP contribution in [0.3, 0.4) is 0 Å². The minimum atomic E-state index is 0.0186. The number of amides is 1. The summed E-state index contributed by atoms with van der Waals surface area (Å²) >= 11 is 0.